The standard InChI is InChI=1S/C11H10N2O2/c1-15-9-3-5-13-11(7-9)10-6-8(14)2-4-12-10/h2-7H,1H3,(H,12,14). The molecular formula is C11H10N2O2. The number of nitrogens with zero attached hydrogens (tertiary/aromatic N) is 2. The van der Waals surface area contributed by atoms with E-state index in [4.69, 9.17) is 4.74 Å². The highest BCUT2D eigenvalue weighted by Gasteiger charge is 2.02. The van der Waals surface area contributed by atoms with Crippen molar-refractivity contribution < 1.29 is 9.84 Å². The van der Waals surface area contributed by atoms with Gasteiger partial charge in [0.2, 0.25) is 0 Å². The van der Waals surface area contributed by atoms with Crippen molar-refractivity contribution in [3.8, 4) is 22.9 Å². The molecule has 2 aromatic heterocycles. The van der Waals surface area contributed by atoms with Crippen LogP contribution >= 0.6 is 0 Å². The molecule has 0 unspecified atom stereocenters. The summed E-state index contributed by atoms with van der Waals surface area (Å²) in [6.45, 7) is 0. The Balaban J connectivity index is 2.44. The van der Waals surface area contributed by atoms with E-state index < -0.39 is 0 Å². The SMILES string of the molecule is COc1ccnc(-c2cc(O)ccn2)c1. The minimum Gasteiger partial charge on any atom is -0.508 e. The molecular weight excluding hydrogens is 192 g/mol. The zero-order valence-corrected chi connectivity index (χ0v) is 8.21. The number of methoxy groups -OCH3 is 1. The smallest absolute Gasteiger partial charge is 0.122 e. The number of hydrogen-bond acceptors (Lipinski definition) is 4. The first-order chi connectivity index (χ1) is 7.29. The first-order valence-corrected chi connectivity index (χ1v) is 4.45. The molecule has 15 heavy (non-hydrogen) atoms. The molecule has 0 aliphatic heterocycles. The van der Waals surface area contributed by atoms with E-state index in [1.165, 1.54) is 12.3 Å². The quantitative estimate of drug-likeness (QED) is 0.807. The molecule has 2 rings (SSSR count). The van der Waals surface area contributed by atoms with Crippen LogP contribution in [0.3, 0.4) is 0 Å². The fraction of sp³-hybridized carbons (Fsp3) is 0.0909. The van der Waals surface area contributed by atoms with Gasteiger partial charge in [-0.25, -0.2) is 0 Å². The Kier molecular flexibility index (Phi) is 2.49. The highest BCUT2D eigenvalue weighted by Crippen LogP contribution is 2.21. The highest BCUT2D eigenvalue weighted by molar-refractivity contribution is 5.57. The molecule has 0 amide bonds. The third-order valence-electron chi connectivity index (χ3n) is 1.97. The largest absolute Gasteiger partial charge is 0.508 e. The molecule has 1 N–H and O–H groups in total. The molecule has 4 nitrogen and oxygen atoms in total. The Labute approximate surface area is 87.2 Å². The van der Waals surface area contributed by atoms with E-state index in [9.17, 15) is 5.11 Å². The lowest BCUT2D eigenvalue weighted by atomic mass is 10.2. The van der Waals surface area contributed by atoms with Gasteiger partial charge < -0.3 is 9.84 Å². The van der Waals surface area contributed by atoms with E-state index in [0.29, 0.717) is 17.1 Å². The van der Waals surface area contributed by atoms with E-state index >= 15 is 0 Å². The van der Waals surface area contributed by atoms with Gasteiger partial charge in [-0.05, 0) is 12.1 Å². The van der Waals surface area contributed by atoms with E-state index in [1.807, 2.05) is 0 Å². The first kappa shape index (κ1) is 9.45. The van der Waals surface area contributed by atoms with Crippen molar-refractivity contribution in [1.82, 2.24) is 9.97 Å². The average Bonchev–Trinajstić information content (AvgIpc) is 2.29. The molecule has 76 valence electrons. The van der Waals surface area contributed by atoms with Gasteiger partial charge >= 0.3 is 0 Å². The fourth-order valence-corrected chi connectivity index (χ4v) is 1.24. The summed E-state index contributed by atoms with van der Waals surface area (Å²) < 4.78 is 5.08. The number of hydrogen-bond donors (Lipinski definition) is 1. The van der Waals surface area contributed by atoms with Gasteiger partial charge in [-0.1, -0.05) is 0 Å². The third-order valence-corrected chi connectivity index (χ3v) is 1.97. The van der Waals surface area contributed by atoms with Gasteiger partial charge in [-0.2, -0.15) is 0 Å². The van der Waals surface area contributed by atoms with Crippen LogP contribution in [0.2, 0.25) is 0 Å². The number of aromatic nitrogens is 2. The zero-order valence-electron chi connectivity index (χ0n) is 8.21. The maximum atomic E-state index is 9.30. The minimum atomic E-state index is 0.171. The zero-order chi connectivity index (χ0) is 10.7. The second-order valence-corrected chi connectivity index (χ2v) is 2.98. The van der Waals surface area contributed by atoms with E-state index in [-0.39, 0.29) is 5.75 Å². The van der Waals surface area contributed by atoms with Crippen molar-refractivity contribution in [3.05, 3.63) is 36.7 Å². The highest BCUT2D eigenvalue weighted by atomic mass is 16.5. The van der Waals surface area contributed by atoms with Crippen molar-refractivity contribution in [2.75, 3.05) is 7.11 Å². The number of ether oxygens (including phenoxy) is 1. The van der Waals surface area contributed by atoms with Crippen molar-refractivity contribution in [2.24, 2.45) is 0 Å². The van der Waals surface area contributed by atoms with Crippen LogP contribution in [-0.4, -0.2) is 22.2 Å². The van der Waals surface area contributed by atoms with Crippen LogP contribution < -0.4 is 4.74 Å². The Hall–Kier alpha value is -2.10. The van der Waals surface area contributed by atoms with Crippen molar-refractivity contribution in [2.45, 2.75) is 0 Å². The average molecular weight is 202 g/mol. The molecule has 0 atom stereocenters. The van der Waals surface area contributed by atoms with E-state index in [2.05, 4.69) is 9.97 Å². The Bertz CT molecular complexity index is 472. The van der Waals surface area contributed by atoms with Crippen LogP contribution in [0, 0.1) is 0 Å². The maximum absolute atomic E-state index is 9.30. The molecule has 0 aliphatic carbocycles. The van der Waals surface area contributed by atoms with Crippen LogP contribution in [-0.2, 0) is 0 Å². The second kappa shape index (κ2) is 3.96. The summed E-state index contributed by atoms with van der Waals surface area (Å²) in [7, 11) is 1.59. The molecule has 0 saturated carbocycles. The monoisotopic (exact) mass is 202 g/mol. The van der Waals surface area contributed by atoms with Crippen LogP contribution in [0.15, 0.2) is 36.7 Å². The Morgan fingerprint density at radius 1 is 1.07 bits per heavy atom. The van der Waals surface area contributed by atoms with Gasteiger partial charge in [-0.15, -0.1) is 0 Å². The molecule has 4 heteroatoms. The van der Waals surface area contributed by atoms with Gasteiger partial charge in [0.1, 0.15) is 11.5 Å². The molecule has 0 aromatic carbocycles. The Morgan fingerprint density at radius 2 is 1.73 bits per heavy atom. The fourth-order valence-electron chi connectivity index (χ4n) is 1.24. The van der Waals surface area contributed by atoms with Crippen molar-refractivity contribution in [1.29, 1.82) is 0 Å². The first-order valence-electron chi connectivity index (χ1n) is 4.45. The summed E-state index contributed by atoms with van der Waals surface area (Å²) >= 11 is 0. The lowest BCUT2D eigenvalue weighted by Crippen LogP contribution is -1.88. The summed E-state index contributed by atoms with van der Waals surface area (Å²) in [5.74, 6) is 0.884. The third kappa shape index (κ3) is 2.04. The molecule has 0 fully saturated rings. The van der Waals surface area contributed by atoms with Crippen LogP contribution in [0.1, 0.15) is 0 Å². The summed E-state index contributed by atoms with van der Waals surface area (Å²) in [5, 5.41) is 9.30. The predicted molar refractivity (Wildman–Crippen MR) is 55.7 cm³/mol. The second-order valence-electron chi connectivity index (χ2n) is 2.98. The number of aromatic hydroxyl groups is 1. The molecule has 0 saturated heterocycles. The Morgan fingerprint density at radius 3 is 2.40 bits per heavy atom. The normalized spacial score (nSPS) is 9.93. The lowest BCUT2D eigenvalue weighted by Gasteiger charge is -2.02. The van der Waals surface area contributed by atoms with E-state index in [1.54, 1.807) is 31.5 Å². The molecule has 0 aliphatic rings. The van der Waals surface area contributed by atoms with E-state index in [0.717, 1.165) is 0 Å². The summed E-state index contributed by atoms with van der Waals surface area (Å²) in [6, 6.07) is 6.60. The van der Waals surface area contributed by atoms with Gasteiger partial charge in [-0.3, -0.25) is 9.97 Å². The predicted octanol–water partition coefficient (Wildman–Crippen LogP) is 1.86. The summed E-state index contributed by atoms with van der Waals surface area (Å²) in [6.07, 6.45) is 3.17. The minimum absolute atomic E-state index is 0.171. The van der Waals surface area contributed by atoms with Crippen molar-refractivity contribution in [3.63, 3.8) is 0 Å². The van der Waals surface area contributed by atoms with Crippen molar-refractivity contribution >= 4 is 0 Å². The number of rotatable bonds is 2. The van der Waals surface area contributed by atoms with Gasteiger partial charge in [0, 0.05) is 24.5 Å². The molecule has 2 heterocycles. The van der Waals surface area contributed by atoms with Gasteiger partial charge in [0.15, 0.2) is 0 Å². The van der Waals surface area contributed by atoms with Crippen LogP contribution in [0.25, 0.3) is 11.4 Å². The number of pyridine rings is 2. The topological polar surface area (TPSA) is 55.2 Å². The lowest BCUT2D eigenvalue weighted by molar-refractivity contribution is 0.414. The van der Waals surface area contributed by atoms with Gasteiger partial charge in [0.25, 0.3) is 0 Å². The molecule has 2 aromatic rings. The molecule has 0 bridgehead atoms. The summed E-state index contributed by atoms with van der Waals surface area (Å²) in [4.78, 5) is 8.25. The summed E-state index contributed by atoms with van der Waals surface area (Å²) in [5.41, 5.74) is 1.29. The molecule has 0 spiro atoms. The maximum Gasteiger partial charge on any atom is 0.122 e. The van der Waals surface area contributed by atoms with Gasteiger partial charge in [0.05, 0.1) is 18.5 Å². The van der Waals surface area contributed by atoms with Crippen LogP contribution in [0.4, 0.5) is 0 Å². The van der Waals surface area contributed by atoms with Crippen LogP contribution in [0.5, 0.6) is 11.5 Å². The molecule has 0 radical (unpaired) electrons.